The Hall–Kier alpha value is -1.87. The summed E-state index contributed by atoms with van der Waals surface area (Å²) in [6.45, 7) is 8.57. The van der Waals surface area contributed by atoms with E-state index in [9.17, 15) is 0 Å². The molecule has 0 spiro atoms. The maximum Gasteiger partial charge on any atom is 0.143 e. The summed E-state index contributed by atoms with van der Waals surface area (Å²) in [5.41, 5.74) is 7.76. The Morgan fingerprint density at radius 1 is 1.29 bits per heavy atom. The number of nitrogens with one attached hydrogen (secondary N) is 1. The highest BCUT2D eigenvalue weighted by Gasteiger charge is 2.24. The van der Waals surface area contributed by atoms with E-state index in [1.165, 1.54) is 45.7 Å². The number of hydrogen-bond donors (Lipinski definition) is 1. The minimum Gasteiger partial charge on any atom is -0.495 e. The van der Waals surface area contributed by atoms with Crippen LogP contribution >= 0.6 is 11.8 Å². The molecule has 0 aromatic heterocycles. The van der Waals surface area contributed by atoms with Crippen molar-refractivity contribution >= 4 is 17.4 Å². The van der Waals surface area contributed by atoms with Crippen LogP contribution in [0.25, 0.3) is 0 Å². The van der Waals surface area contributed by atoms with Crippen LogP contribution in [0.3, 0.4) is 0 Å². The molecular formula is C25H33NOS. The quantitative estimate of drug-likeness (QED) is 0.332. The molecule has 28 heavy (non-hydrogen) atoms. The highest BCUT2D eigenvalue weighted by atomic mass is 32.2. The second-order valence-corrected chi connectivity index (χ2v) is 8.61. The van der Waals surface area contributed by atoms with E-state index in [2.05, 4.69) is 56.3 Å². The van der Waals surface area contributed by atoms with Gasteiger partial charge in [0.2, 0.25) is 0 Å². The highest BCUT2D eigenvalue weighted by Crippen LogP contribution is 2.41. The number of hydrogen-bond acceptors (Lipinski definition) is 3. The largest absolute Gasteiger partial charge is 0.495 e. The Bertz CT molecular complexity index is 821. The van der Waals surface area contributed by atoms with Gasteiger partial charge in [-0.15, -0.1) is 11.8 Å². The Kier molecular flexibility index (Phi) is 7.12. The number of thioether (sulfide) groups is 1. The van der Waals surface area contributed by atoms with Crippen LogP contribution in [-0.2, 0) is 6.42 Å². The summed E-state index contributed by atoms with van der Waals surface area (Å²) in [6, 6.07) is 4.43. The maximum atomic E-state index is 5.77. The van der Waals surface area contributed by atoms with Crippen molar-refractivity contribution in [3.63, 3.8) is 0 Å². The molecule has 1 aromatic carbocycles. The summed E-state index contributed by atoms with van der Waals surface area (Å²) in [7, 11) is 1.76. The predicted molar refractivity (Wildman–Crippen MR) is 123 cm³/mol. The smallest absolute Gasteiger partial charge is 0.143 e. The fraction of sp³-hybridized carbons (Fsp3) is 0.440. The highest BCUT2D eigenvalue weighted by molar-refractivity contribution is 7.98. The third kappa shape index (κ3) is 5.14. The van der Waals surface area contributed by atoms with Crippen LogP contribution in [0, 0.1) is 5.92 Å². The first kappa shape index (κ1) is 20.9. The number of methoxy groups -OCH3 is 1. The van der Waals surface area contributed by atoms with Gasteiger partial charge in [-0.05, 0) is 80.0 Å². The van der Waals surface area contributed by atoms with Crippen molar-refractivity contribution in [1.29, 1.82) is 0 Å². The number of rotatable bonds is 10. The minimum atomic E-state index is 0.794. The van der Waals surface area contributed by atoms with E-state index >= 15 is 0 Å². The first-order chi connectivity index (χ1) is 13.6. The Balaban J connectivity index is 1.97. The van der Waals surface area contributed by atoms with Crippen molar-refractivity contribution in [2.45, 2.75) is 57.3 Å². The van der Waals surface area contributed by atoms with Crippen LogP contribution in [0.15, 0.2) is 64.3 Å². The molecule has 0 bridgehead atoms. The number of aryl methyl sites for hydroxylation is 1. The third-order valence-corrected chi connectivity index (χ3v) is 6.20. The van der Waals surface area contributed by atoms with Gasteiger partial charge in [0.05, 0.1) is 12.8 Å². The normalized spacial score (nSPS) is 16.8. The second kappa shape index (κ2) is 9.56. The van der Waals surface area contributed by atoms with Gasteiger partial charge in [0.15, 0.2) is 0 Å². The molecule has 1 aromatic rings. The van der Waals surface area contributed by atoms with E-state index in [4.69, 9.17) is 4.74 Å². The summed E-state index contributed by atoms with van der Waals surface area (Å²) in [5.74, 6) is 1.71. The van der Waals surface area contributed by atoms with E-state index in [1.807, 2.05) is 6.08 Å². The summed E-state index contributed by atoms with van der Waals surface area (Å²) in [5, 5.41) is 3.76. The number of ether oxygens (including phenoxy) is 1. The van der Waals surface area contributed by atoms with Gasteiger partial charge < -0.3 is 10.1 Å². The molecule has 2 nitrogen and oxygen atoms in total. The number of benzene rings is 1. The molecule has 2 aliphatic carbocycles. The lowest BCUT2D eigenvalue weighted by atomic mass is 10.0. The molecule has 2 fully saturated rings. The molecular weight excluding hydrogens is 362 g/mol. The van der Waals surface area contributed by atoms with Gasteiger partial charge in [-0.1, -0.05) is 43.7 Å². The summed E-state index contributed by atoms with van der Waals surface area (Å²) in [6.07, 6.45) is 15.7. The zero-order chi connectivity index (χ0) is 20.1. The third-order valence-electron chi connectivity index (χ3n) is 5.49. The van der Waals surface area contributed by atoms with E-state index in [0.717, 1.165) is 43.0 Å². The molecule has 2 saturated carbocycles. The average molecular weight is 396 g/mol. The van der Waals surface area contributed by atoms with Crippen molar-refractivity contribution in [2.24, 2.45) is 5.92 Å². The molecule has 0 radical (unpaired) electrons. The van der Waals surface area contributed by atoms with Crippen LogP contribution in [-0.4, -0.2) is 13.4 Å². The Labute approximate surface area is 174 Å². The van der Waals surface area contributed by atoms with Gasteiger partial charge in [0.1, 0.15) is 5.75 Å². The lowest BCUT2D eigenvalue weighted by molar-refractivity contribution is 0.415. The van der Waals surface area contributed by atoms with Crippen LogP contribution in [0.1, 0.15) is 51.5 Å². The van der Waals surface area contributed by atoms with Gasteiger partial charge in [0.25, 0.3) is 0 Å². The van der Waals surface area contributed by atoms with Gasteiger partial charge in [-0.2, -0.15) is 0 Å². The number of anilines is 1. The molecule has 0 aliphatic heterocycles. The van der Waals surface area contributed by atoms with Crippen molar-refractivity contribution in [2.75, 3.05) is 18.7 Å². The minimum absolute atomic E-state index is 0.794. The lowest BCUT2D eigenvalue weighted by Gasteiger charge is -2.20. The molecule has 0 amide bonds. The van der Waals surface area contributed by atoms with Gasteiger partial charge in [0, 0.05) is 10.6 Å². The van der Waals surface area contributed by atoms with Crippen LogP contribution < -0.4 is 10.1 Å². The lowest BCUT2D eigenvalue weighted by Crippen LogP contribution is -2.07. The molecule has 2 aliphatic rings. The second-order valence-electron chi connectivity index (χ2n) is 7.73. The monoisotopic (exact) mass is 395 g/mol. The van der Waals surface area contributed by atoms with Gasteiger partial charge >= 0.3 is 0 Å². The van der Waals surface area contributed by atoms with E-state index < -0.39 is 0 Å². The van der Waals surface area contributed by atoms with Crippen molar-refractivity contribution in [1.82, 2.24) is 0 Å². The molecule has 1 N–H and O–H groups in total. The maximum absolute atomic E-state index is 5.77. The number of allylic oxidation sites excluding steroid dienone is 5. The fourth-order valence-corrected chi connectivity index (χ4v) is 3.97. The van der Waals surface area contributed by atoms with Crippen molar-refractivity contribution < 1.29 is 4.74 Å². The van der Waals surface area contributed by atoms with E-state index in [0.29, 0.717) is 0 Å². The van der Waals surface area contributed by atoms with Gasteiger partial charge in [-0.25, -0.2) is 0 Å². The zero-order valence-electron chi connectivity index (χ0n) is 17.7. The molecule has 0 heterocycles. The predicted octanol–water partition coefficient (Wildman–Crippen LogP) is 7.30. The molecule has 0 atom stereocenters. The fourth-order valence-electron chi connectivity index (χ4n) is 3.48. The standard InChI is InChI=1S/C25H33NOS/c1-6-8-21-15-22(28-5)16-23(27-4)25(21)26-24(20-13-14-20)18(7-2)10-9-17(3)19-11-12-19/h7,9-10,15-16,19,26H,2,6,8,11-14H2,1,3-5H3/b17-9+,18-10+. The molecule has 3 rings (SSSR count). The van der Waals surface area contributed by atoms with Crippen molar-refractivity contribution in [3.8, 4) is 5.75 Å². The SMILES string of the molecule is C=C/C(=C\C=C(/C)C1CC1)C(Nc1c(CCC)cc(SC)cc1OC)=C1CC1. The van der Waals surface area contributed by atoms with E-state index in [-0.39, 0.29) is 0 Å². The molecule has 3 heteroatoms. The average Bonchev–Trinajstić information content (AvgIpc) is 3.60. The molecule has 0 saturated heterocycles. The zero-order valence-corrected chi connectivity index (χ0v) is 18.5. The van der Waals surface area contributed by atoms with Gasteiger partial charge in [-0.3, -0.25) is 0 Å². The Morgan fingerprint density at radius 3 is 2.57 bits per heavy atom. The Morgan fingerprint density at radius 2 is 2.04 bits per heavy atom. The topological polar surface area (TPSA) is 21.3 Å². The summed E-state index contributed by atoms with van der Waals surface area (Å²) in [4.78, 5) is 1.24. The molecule has 150 valence electrons. The molecule has 0 unspecified atom stereocenters. The van der Waals surface area contributed by atoms with Crippen molar-refractivity contribution in [3.05, 3.63) is 64.9 Å². The van der Waals surface area contributed by atoms with Crippen LogP contribution in [0.2, 0.25) is 0 Å². The van der Waals surface area contributed by atoms with E-state index in [1.54, 1.807) is 18.9 Å². The summed E-state index contributed by atoms with van der Waals surface area (Å²) < 4.78 is 5.77. The van der Waals surface area contributed by atoms with Crippen LogP contribution in [0.5, 0.6) is 5.75 Å². The van der Waals surface area contributed by atoms with Crippen LogP contribution in [0.4, 0.5) is 5.69 Å². The first-order valence-electron chi connectivity index (χ1n) is 10.4. The summed E-state index contributed by atoms with van der Waals surface area (Å²) >= 11 is 1.76. The first-order valence-corrected chi connectivity index (χ1v) is 11.6.